The zero-order valence-corrected chi connectivity index (χ0v) is 13.3. The third-order valence-corrected chi connectivity index (χ3v) is 3.89. The van der Waals surface area contributed by atoms with Crippen LogP contribution in [-0.2, 0) is 0 Å². The first-order valence-corrected chi connectivity index (χ1v) is 8.27. The number of nitriles is 1. The van der Waals surface area contributed by atoms with Crippen molar-refractivity contribution in [1.29, 1.82) is 5.26 Å². The van der Waals surface area contributed by atoms with Gasteiger partial charge in [-0.3, -0.25) is 0 Å². The zero-order valence-electron chi connectivity index (χ0n) is 13.3. The molecule has 0 atom stereocenters. The van der Waals surface area contributed by atoms with Crippen LogP contribution in [0.25, 0.3) is 0 Å². The van der Waals surface area contributed by atoms with Gasteiger partial charge in [-0.05, 0) is 56.7 Å². The van der Waals surface area contributed by atoms with Crippen molar-refractivity contribution in [2.45, 2.75) is 12.8 Å². The van der Waals surface area contributed by atoms with Crippen LogP contribution in [0.2, 0.25) is 0 Å². The van der Waals surface area contributed by atoms with Crippen LogP contribution in [0.1, 0.15) is 18.4 Å². The highest BCUT2D eigenvalue weighted by atomic mass is 15.1. The molecule has 0 radical (unpaired) electrons. The molecule has 0 spiro atoms. The van der Waals surface area contributed by atoms with Gasteiger partial charge in [0.15, 0.2) is 0 Å². The van der Waals surface area contributed by atoms with Crippen molar-refractivity contribution >= 4 is 5.69 Å². The predicted octanol–water partition coefficient (Wildman–Crippen LogP) is 0.927. The lowest BCUT2D eigenvalue weighted by molar-refractivity contribution is 0.550. The van der Waals surface area contributed by atoms with Crippen LogP contribution < -0.4 is 20.9 Å². The molecular weight excluding hydrogens is 274 g/mol. The van der Waals surface area contributed by atoms with Gasteiger partial charge in [-0.25, -0.2) is 0 Å². The molecule has 0 amide bonds. The van der Waals surface area contributed by atoms with Gasteiger partial charge in [-0.1, -0.05) is 0 Å². The van der Waals surface area contributed by atoms with Crippen LogP contribution in [0.3, 0.4) is 0 Å². The minimum Gasteiger partial charge on any atom is -0.370 e. The Balaban J connectivity index is 1.91. The molecule has 2 rings (SSSR count). The second-order valence-electron chi connectivity index (χ2n) is 5.60. The van der Waals surface area contributed by atoms with E-state index in [0.717, 1.165) is 70.8 Å². The number of anilines is 1. The van der Waals surface area contributed by atoms with Gasteiger partial charge in [-0.15, -0.1) is 0 Å². The summed E-state index contributed by atoms with van der Waals surface area (Å²) in [5, 5.41) is 19.3. The molecular formula is C17H27N5. The molecule has 22 heavy (non-hydrogen) atoms. The Kier molecular flexibility index (Phi) is 7.75. The fourth-order valence-electron chi connectivity index (χ4n) is 2.62. The Bertz CT molecular complexity index is 437. The van der Waals surface area contributed by atoms with E-state index < -0.39 is 0 Å². The van der Waals surface area contributed by atoms with Crippen LogP contribution in [0.15, 0.2) is 24.3 Å². The molecule has 1 heterocycles. The van der Waals surface area contributed by atoms with Crippen LogP contribution in [0.4, 0.5) is 5.69 Å². The molecule has 0 aliphatic carbocycles. The lowest BCUT2D eigenvalue weighted by atomic mass is 10.2. The van der Waals surface area contributed by atoms with E-state index in [1.165, 1.54) is 5.69 Å². The number of hydrogen-bond acceptors (Lipinski definition) is 5. The van der Waals surface area contributed by atoms with Gasteiger partial charge in [0.2, 0.25) is 0 Å². The lowest BCUT2D eigenvalue weighted by Gasteiger charge is -2.25. The first-order valence-electron chi connectivity index (χ1n) is 8.27. The SMILES string of the molecule is N#Cc1ccc(N2CCCNCCNCCCNCC2)cc1. The third-order valence-electron chi connectivity index (χ3n) is 3.89. The smallest absolute Gasteiger partial charge is 0.0991 e. The van der Waals surface area contributed by atoms with Crippen LogP contribution in [-0.4, -0.2) is 52.4 Å². The van der Waals surface area contributed by atoms with E-state index in [1.54, 1.807) is 0 Å². The van der Waals surface area contributed by atoms with Crippen LogP contribution in [0, 0.1) is 11.3 Å². The summed E-state index contributed by atoms with van der Waals surface area (Å²) in [6.07, 6.45) is 2.29. The predicted molar refractivity (Wildman–Crippen MR) is 91.2 cm³/mol. The molecule has 1 aromatic carbocycles. The number of benzene rings is 1. The fraction of sp³-hybridized carbons (Fsp3) is 0.588. The molecule has 0 aromatic heterocycles. The maximum atomic E-state index is 8.91. The van der Waals surface area contributed by atoms with Gasteiger partial charge < -0.3 is 20.9 Å². The average molecular weight is 301 g/mol. The summed E-state index contributed by atoms with van der Waals surface area (Å²) in [5.74, 6) is 0. The molecule has 5 heteroatoms. The standard InChI is InChI=1S/C17H27N5/c18-15-16-3-5-17(6-4-16)22-13-2-9-20-11-10-19-7-1-8-21-12-14-22/h3-6,19-21H,1-2,7-14H2. The maximum Gasteiger partial charge on any atom is 0.0991 e. The Morgan fingerprint density at radius 1 is 0.773 bits per heavy atom. The number of rotatable bonds is 1. The van der Waals surface area contributed by atoms with Crippen molar-refractivity contribution in [3.8, 4) is 6.07 Å². The van der Waals surface area contributed by atoms with E-state index in [4.69, 9.17) is 5.26 Å². The van der Waals surface area contributed by atoms with Crippen molar-refractivity contribution in [3.63, 3.8) is 0 Å². The highest BCUT2D eigenvalue weighted by Gasteiger charge is 2.06. The summed E-state index contributed by atoms with van der Waals surface area (Å²) >= 11 is 0. The first kappa shape index (κ1) is 16.8. The van der Waals surface area contributed by atoms with E-state index in [-0.39, 0.29) is 0 Å². The first-order chi connectivity index (χ1) is 10.9. The third kappa shape index (κ3) is 6.02. The van der Waals surface area contributed by atoms with Crippen LogP contribution in [0.5, 0.6) is 0 Å². The molecule has 1 aliphatic rings. The van der Waals surface area contributed by atoms with E-state index in [9.17, 15) is 0 Å². The van der Waals surface area contributed by atoms with Crippen molar-refractivity contribution in [2.75, 3.05) is 57.3 Å². The summed E-state index contributed by atoms with van der Waals surface area (Å²) < 4.78 is 0. The molecule has 120 valence electrons. The van der Waals surface area contributed by atoms with Gasteiger partial charge in [0.1, 0.15) is 0 Å². The normalized spacial score (nSPS) is 19.1. The Hall–Kier alpha value is -1.61. The number of nitrogens with zero attached hydrogens (tertiary/aromatic N) is 2. The summed E-state index contributed by atoms with van der Waals surface area (Å²) in [7, 11) is 0. The molecule has 5 nitrogen and oxygen atoms in total. The van der Waals surface area contributed by atoms with Gasteiger partial charge >= 0.3 is 0 Å². The van der Waals surface area contributed by atoms with E-state index in [2.05, 4.69) is 39.1 Å². The molecule has 3 N–H and O–H groups in total. The van der Waals surface area contributed by atoms with Gasteiger partial charge in [-0.2, -0.15) is 5.26 Å². The Labute approximate surface area is 133 Å². The minimum absolute atomic E-state index is 0.720. The molecule has 1 saturated heterocycles. The highest BCUT2D eigenvalue weighted by Crippen LogP contribution is 2.15. The molecule has 1 aromatic rings. The monoisotopic (exact) mass is 301 g/mol. The summed E-state index contributed by atoms with van der Waals surface area (Å²) in [6.45, 7) is 8.28. The molecule has 0 unspecified atom stereocenters. The number of nitrogens with one attached hydrogen (secondary N) is 3. The summed E-state index contributed by atoms with van der Waals surface area (Å²) in [6, 6.07) is 10.1. The van der Waals surface area contributed by atoms with Gasteiger partial charge in [0, 0.05) is 38.4 Å². The van der Waals surface area contributed by atoms with Crippen molar-refractivity contribution < 1.29 is 0 Å². The van der Waals surface area contributed by atoms with Crippen molar-refractivity contribution in [2.24, 2.45) is 0 Å². The Morgan fingerprint density at radius 3 is 2.09 bits per heavy atom. The lowest BCUT2D eigenvalue weighted by Crippen LogP contribution is -2.37. The highest BCUT2D eigenvalue weighted by molar-refractivity contribution is 5.49. The summed E-state index contributed by atoms with van der Waals surface area (Å²) in [5.41, 5.74) is 1.92. The van der Waals surface area contributed by atoms with E-state index in [1.807, 2.05) is 12.1 Å². The Morgan fingerprint density at radius 2 is 1.41 bits per heavy atom. The molecule has 1 fully saturated rings. The van der Waals surface area contributed by atoms with Gasteiger partial charge in [0.25, 0.3) is 0 Å². The fourth-order valence-corrected chi connectivity index (χ4v) is 2.62. The largest absolute Gasteiger partial charge is 0.370 e. The number of hydrogen-bond donors (Lipinski definition) is 3. The molecule has 0 bridgehead atoms. The average Bonchev–Trinajstić information content (AvgIpc) is 2.57. The quantitative estimate of drug-likeness (QED) is 0.720. The molecule has 0 saturated carbocycles. The summed E-state index contributed by atoms with van der Waals surface area (Å²) in [4.78, 5) is 2.40. The zero-order chi connectivity index (χ0) is 15.5. The van der Waals surface area contributed by atoms with E-state index >= 15 is 0 Å². The minimum atomic E-state index is 0.720. The second kappa shape index (κ2) is 10.2. The maximum absolute atomic E-state index is 8.91. The van der Waals surface area contributed by atoms with Crippen LogP contribution >= 0.6 is 0 Å². The second-order valence-corrected chi connectivity index (χ2v) is 5.60. The van der Waals surface area contributed by atoms with Gasteiger partial charge in [0.05, 0.1) is 11.6 Å². The van der Waals surface area contributed by atoms with E-state index in [0.29, 0.717) is 0 Å². The topological polar surface area (TPSA) is 63.1 Å². The molecule has 1 aliphatic heterocycles. The van der Waals surface area contributed by atoms with Crippen molar-refractivity contribution in [3.05, 3.63) is 29.8 Å². The van der Waals surface area contributed by atoms with Crippen molar-refractivity contribution in [1.82, 2.24) is 16.0 Å².